The third kappa shape index (κ3) is 9.58. The second kappa shape index (κ2) is 20.6. The van der Waals surface area contributed by atoms with Crippen molar-refractivity contribution < 1.29 is 26.4 Å². The lowest BCUT2D eigenvalue weighted by molar-refractivity contribution is 0.0975. The van der Waals surface area contributed by atoms with Crippen LogP contribution >= 0.6 is 22.7 Å². The number of amidine groups is 2. The van der Waals surface area contributed by atoms with E-state index < -0.39 is 31.5 Å². The van der Waals surface area contributed by atoms with Gasteiger partial charge in [0.15, 0.2) is 5.84 Å². The van der Waals surface area contributed by atoms with Gasteiger partial charge < -0.3 is 15.6 Å². The van der Waals surface area contributed by atoms with Gasteiger partial charge in [-0.15, -0.1) is 22.7 Å². The van der Waals surface area contributed by atoms with E-state index in [4.69, 9.17) is 20.0 Å². The molecule has 0 bridgehead atoms. The van der Waals surface area contributed by atoms with Crippen LogP contribution in [0.2, 0.25) is 0 Å². The first-order valence-electron chi connectivity index (χ1n) is 24.8. The predicted octanol–water partition coefficient (Wildman–Crippen LogP) is 13.6. The van der Waals surface area contributed by atoms with Crippen LogP contribution in [0.15, 0.2) is 236 Å². The minimum absolute atomic E-state index is 0.0500. The zero-order chi connectivity index (χ0) is 54.4. The molecule has 386 valence electrons. The summed E-state index contributed by atoms with van der Waals surface area (Å²) in [6, 6.07) is 58.9. The van der Waals surface area contributed by atoms with Crippen LogP contribution in [0.4, 0.5) is 11.6 Å². The van der Waals surface area contributed by atoms with Crippen molar-refractivity contribution in [1.29, 1.82) is 0 Å². The van der Waals surface area contributed by atoms with Gasteiger partial charge in [-0.3, -0.25) is 9.59 Å². The van der Waals surface area contributed by atoms with Gasteiger partial charge in [0.1, 0.15) is 27.5 Å². The number of nitrogens with one attached hydrogen (secondary N) is 3. The Hall–Kier alpha value is -9.26. The maximum atomic E-state index is 14.5. The number of aliphatic imine (C=N–C) groups is 2. The Balaban J connectivity index is 1.13. The van der Waals surface area contributed by atoms with Crippen LogP contribution in [0.3, 0.4) is 0 Å². The second-order valence-electron chi connectivity index (χ2n) is 18.4. The first-order chi connectivity index (χ1) is 38.3. The Labute approximate surface area is 462 Å². The number of rotatable bonds is 12. The third-order valence-electron chi connectivity index (χ3n) is 13.4. The number of aromatic nitrogens is 3. The van der Waals surface area contributed by atoms with E-state index in [1.807, 2.05) is 86.6 Å². The molecule has 17 heteroatoms. The molecule has 0 aliphatic carbocycles. The van der Waals surface area contributed by atoms with Crippen LogP contribution in [-0.4, -0.2) is 55.3 Å². The maximum Gasteiger partial charge on any atom is 0.257 e. The molecule has 3 N–H and O–H groups in total. The fourth-order valence-corrected chi connectivity index (χ4v) is 14.0. The lowest BCUT2D eigenvalue weighted by atomic mass is 9.99. The summed E-state index contributed by atoms with van der Waals surface area (Å²) in [5.41, 5.74) is 6.44. The second-order valence-corrected chi connectivity index (χ2v) is 24.4. The summed E-state index contributed by atoms with van der Waals surface area (Å²) in [5.74, 6) is -0.212. The molecule has 0 spiro atoms. The summed E-state index contributed by atoms with van der Waals surface area (Å²) in [6.07, 6.45) is 0. The van der Waals surface area contributed by atoms with Crippen LogP contribution < -0.4 is 10.6 Å². The number of hydrogen-bond donors (Lipinski definition) is 3. The number of sulfone groups is 2. The number of carbonyl (C=O) groups is 2. The van der Waals surface area contributed by atoms with Crippen LogP contribution in [0.1, 0.15) is 42.4 Å². The van der Waals surface area contributed by atoms with Crippen molar-refractivity contribution in [2.24, 2.45) is 9.98 Å². The fourth-order valence-electron chi connectivity index (χ4n) is 9.41. The van der Waals surface area contributed by atoms with Crippen molar-refractivity contribution in [1.82, 2.24) is 20.3 Å². The highest BCUT2D eigenvalue weighted by Gasteiger charge is 2.34. The average molecular weight is 1110 g/mol. The summed E-state index contributed by atoms with van der Waals surface area (Å²) < 4.78 is 57.8. The largest absolute Gasteiger partial charge is 0.325 e. The summed E-state index contributed by atoms with van der Waals surface area (Å²) in [4.78, 5) is 53.6. The number of H-pyrrole nitrogens is 1. The predicted molar refractivity (Wildman–Crippen MR) is 314 cm³/mol. The summed E-state index contributed by atoms with van der Waals surface area (Å²) in [7, 11) is -7.89. The first kappa shape index (κ1) is 50.6. The molecule has 8 aromatic carbocycles. The number of fused-ring (bicyclic) bond motifs is 2. The van der Waals surface area contributed by atoms with Gasteiger partial charge in [0.05, 0.1) is 51.2 Å². The highest BCUT2D eigenvalue weighted by molar-refractivity contribution is 7.91. The summed E-state index contributed by atoms with van der Waals surface area (Å²) in [5, 5.41) is 7.25. The number of hydrogen-bond acceptors (Lipinski definition) is 11. The van der Waals surface area contributed by atoms with Crippen molar-refractivity contribution >= 4 is 109 Å². The molecule has 79 heavy (non-hydrogen) atoms. The van der Waals surface area contributed by atoms with Crippen LogP contribution in [0, 0.1) is 13.8 Å². The van der Waals surface area contributed by atoms with E-state index in [2.05, 4.69) is 15.6 Å². The monoisotopic (exact) mass is 1110 g/mol. The smallest absolute Gasteiger partial charge is 0.257 e. The molecule has 11 aromatic rings. The third-order valence-corrected chi connectivity index (χ3v) is 19.1. The molecule has 0 saturated carbocycles. The van der Waals surface area contributed by atoms with Crippen molar-refractivity contribution in [2.45, 2.75) is 33.4 Å². The van der Waals surface area contributed by atoms with Gasteiger partial charge in [-0.05, 0) is 121 Å². The van der Waals surface area contributed by atoms with E-state index in [0.717, 1.165) is 20.5 Å². The molecule has 0 atom stereocenters. The van der Waals surface area contributed by atoms with Gasteiger partial charge in [0, 0.05) is 22.3 Å². The van der Waals surface area contributed by atoms with Gasteiger partial charge in [0.2, 0.25) is 19.7 Å². The van der Waals surface area contributed by atoms with E-state index in [1.54, 1.807) is 109 Å². The molecule has 2 amide bonds. The number of thiazole rings is 2. The molecule has 1 aliphatic heterocycles. The number of carbonyl (C=O) groups excluding carboxylic acids is 2. The molecule has 3 aromatic heterocycles. The van der Waals surface area contributed by atoms with E-state index in [0.29, 0.717) is 65.6 Å². The number of nitrogens with zero attached hydrogens (tertiary/aromatic N) is 4. The molecule has 12 rings (SSSR count). The van der Waals surface area contributed by atoms with E-state index in [9.17, 15) is 26.4 Å². The van der Waals surface area contributed by atoms with Crippen molar-refractivity contribution in [2.75, 3.05) is 5.32 Å². The zero-order valence-corrected chi connectivity index (χ0v) is 45.3. The zero-order valence-electron chi connectivity index (χ0n) is 42.0. The van der Waals surface area contributed by atoms with Crippen molar-refractivity contribution in [3.8, 4) is 21.7 Å². The number of aromatic amines is 1. The average Bonchev–Trinajstić information content (AvgIpc) is 4.33. The normalized spacial score (nSPS) is 13.3. The quantitative estimate of drug-likeness (QED) is 0.108. The van der Waals surface area contributed by atoms with E-state index in [1.165, 1.54) is 46.9 Å². The van der Waals surface area contributed by atoms with Crippen LogP contribution in [-0.2, 0) is 19.7 Å². The Morgan fingerprint density at radius 3 is 1.44 bits per heavy atom. The number of anilines is 1. The van der Waals surface area contributed by atoms with Gasteiger partial charge in [-0.25, -0.2) is 36.8 Å². The van der Waals surface area contributed by atoms with Crippen LogP contribution in [0.25, 0.3) is 53.3 Å². The fraction of sp³-hybridized carbons (Fsp3) is 0.0323. The minimum Gasteiger partial charge on any atom is -0.325 e. The Morgan fingerprint density at radius 1 is 0.468 bits per heavy atom. The van der Waals surface area contributed by atoms with Gasteiger partial charge in [-0.1, -0.05) is 121 Å². The summed E-state index contributed by atoms with van der Waals surface area (Å²) in [6.45, 7) is 3.69. The highest BCUT2D eigenvalue weighted by atomic mass is 32.2. The molecule has 1 aliphatic rings. The topological polar surface area (TPSA) is 193 Å². The van der Waals surface area contributed by atoms with Crippen LogP contribution in [0.5, 0.6) is 0 Å². The van der Waals surface area contributed by atoms with Crippen molar-refractivity contribution in [3.63, 3.8) is 0 Å². The lowest BCUT2D eigenvalue weighted by Gasteiger charge is -2.11. The van der Waals surface area contributed by atoms with Gasteiger partial charge in [0.25, 0.3) is 11.8 Å². The number of aryl methyl sites for hydroxylation is 2. The summed E-state index contributed by atoms with van der Waals surface area (Å²) >= 11 is 2.78. The molecule has 13 nitrogen and oxygen atoms in total. The Bertz CT molecular complexity index is 4500. The minimum atomic E-state index is -3.95. The number of benzene rings is 8. The van der Waals surface area contributed by atoms with Gasteiger partial charge >= 0.3 is 0 Å². The molecule has 0 fully saturated rings. The molecular weight excluding hydrogens is 1070 g/mol. The molecule has 0 radical (unpaired) electrons. The molecule has 0 unspecified atom stereocenters. The SMILES string of the molecule is Cc1ccccc1C(=O)NC1=NC(=Nc2[nH]c(NC(=O)c3ccccc3C)c(-c3nc4ccccc4s3)c2-c2ccc(S(=O)(=O)c3ccccc3)cc2)C(c2ccc(S(=O)(=O)c3ccccc3)cc2)=C1c1nc2ccccc2s1. The van der Waals surface area contributed by atoms with Gasteiger partial charge in [-0.2, -0.15) is 0 Å². The van der Waals surface area contributed by atoms with E-state index >= 15 is 0 Å². The maximum absolute atomic E-state index is 14.5. The highest BCUT2D eigenvalue weighted by Crippen LogP contribution is 2.48. The Kier molecular flexibility index (Phi) is 13.2. The van der Waals surface area contributed by atoms with Crippen molar-refractivity contribution in [3.05, 3.63) is 239 Å². The standard InChI is InChI=1S/C62H43N7O6S4/c1-37-17-9-11-23-45(37)59(70)68-57-53(61-63-47-25-13-15-27-49(47)76-61)51(39-29-33-43(34-30-39)78(72,73)41-19-5-3-6-20-41)55(66-57)65-56-52(40-31-35-44(36-32-40)79(74,75)42-21-7-4-8-22-42)54(62-64-48-26-14-16-28-50(48)77-62)58(67-56)69-60(71)46-24-12-10-18-38(46)2/h3-36,66H,1-2H3,(H,68,70)(H,65,67,69,71). The lowest BCUT2D eigenvalue weighted by Crippen LogP contribution is -2.31. The number of para-hydroxylation sites is 2. The molecular formula is C62H43N7O6S4. The number of amides is 2. The Morgan fingerprint density at radius 2 is 0.911 bits per heavy atom. The molecule has 0 saturated heterocycles. The van der Waals surface area contributed by atoms with E-state index in [-0.39, 0.29) is 42.9 Å². The first-order valence-corrected chi connectivity index (χ1v) is 29.4. The molecule has 4 heterocycles.